The molecule has 6 nitrogen and oxygen atoms in total. The van der Waals surface area contributed by atoms with Crippen LogP contribution in [0.25, 0.3) is 0 Å². The van der Waals surface area contributed by atoms with Crippen LogP contribution in [0, 0.1) is 0 Å². The Labute approximate surface area is 94.1 Å². The SMILES string of the molecule is COCCCc1noc(C2(N)CCOC2)n1. The van der Waals surface area contributed by atoms with Crippen LogP contribution in [0.2, 0.25) is 0 Å². The second-order valence-corrected chi connectivity index (χ2v) is 4.07. The molecule has 2 rings (SSSR count). The molecule has 6 heteroatoms. The zero-order valence-corrected chi connectivity index (χ0v) is 9.44. The lowest BCUT2D eigenvalue weighted by Gasteiger charge is -2.14. The lowest BCUT2D eigenvalue weighted by Crippen LogP contribution is -2.37. The fourth-order valence-electron chi connectivity index (χ4n) is 1.68. The van der Waals surface area contributed by atoms with Gasteiger partial charge in [0.2, 0.25) is 5.89 Å². The van der Waals surface area contributed by atoms with Gasteiger partial charge >= 0.3 is 0 Å². The molecule has 1 fully saturated rings. The van der Waals surface area contributed by atoms with Crippen LogP contribution >= 0.6 is 0 Å². The van der Waals surface area contributed by atoms with E-state index in [1.807, 2.05) is 0 Å². The van der Waals surface area contributed by atoms with Crippen LogP contribution in [0.15, 0.2) is 4.52 Å². The molecule has 1 aliphatic heterocycles. The molecule has 0 aliphatic carbocycles. The van der Waals surface area contributed by atoms with E-state index >= 15 is 0 Å². The van der Waals surface area contributed by atoms with E-state index in [-0.39, 0.29) is 0 Å². The molecule has 1 saturated heterocycles. The van der Waals surface area contributed by atoms with Crippen LogP contribution in [0.4, 0.5) is 0 Å². The first-order valence-electron chi connectivity index (χ1n) is 5.43. The summed E-state index contributed by atoms with van der Waals surface area (Å²) in [5.41, 5.74) is 5.51. The second kappa shape index (κ2) is 4.90. The molecule has 0 bridgehead atoms. The Hall–Kier alpha value is -0.980. The predicted octanol–water partition coefficient (Wildman–Crippen LogP) is 0.223. The Morgan fingerprint density at radius 2 is 2.44 bits per heavy atom. The van der Waals surface area contributed by atoms with Crippen LogP contribution in [0.5, 0.6) is 0 Å². The van der Waals surface area contributed by atoms with Crippen molar-refractivity contribution in [3.05, 3.63) is 11.7 Å². The van der Waals surface area contributed by atoms with Crippen molar-refractivity contribution in [1.82, 2.24) is 10.1 Å². The summed E-state index contributed by atoms with van der Waals surface area (Å²) in [6.45, 7) is 1.80. The number of hydrogen-bond acceptors (Lipinski definition) is 6. The summed E-state index contributed by atoms with van der Waals surface area (Å²) in [7, 11) is 1.67. The van der Waals surface area contributed by atoms with Gasteiger partial charge in [0.1, 0.15) is 5.54 Å². The smallest absolute Gasteiger partial charge is 0.249 e. The summed E-state index contributed by atoms with van der Waals surface area (Å²) in [6, 6.07) is 0. The highest BCUT2D eigenvalue weighted by molar-refractivity contribution is 5.04. The van der Waals surface area contributed by atoms with E-state index in [4.69, 9.17) is 19.7 Å². The van der Waals surface area contributed by atoms with Gasteiger partial charge in [0.15, 0.2) is 5.82 Å². The first-order chi connectivity index (χ1) is 7.74. The minimum absolute atomic E-state index is 0.451. The molecule has 0 radical (unpaired) electrons. The number of methoxy groups -OCH3 is 1. The molecule has 1 aromatic heterocycles. The first-order valence-corrected chi connectivity index (χ1v) is 5.43. The summed E-state index contributed by atoms with van der Waals surface area (Å²) in [6.07, 6.45) is 2.35. The number of aromatic nitrogens is 2. The fraction of sp³-hybridized carbons (Fsp3) is 0.800. The third-order valence-corrected chi connectivity index (χ3v) is 2.70. The van der Waals surface area contributed by atoms with Gasteiger partial charge in [-0.1, -0.05) is 5.16 Å². The molecule has 0 aromatic carbocycles. The van der Waals surface area contributed by atoms with Crippen molar-refractivity contribution in [3.63, 3.8) is 0 Å². The van der Waals surface area contributed by atoms with Gasteiger partial charge in [-0.05, 0) is 12.8 Å². The summed E-state index contributed by atoms with van der Waals surface area (Å²) in [4.78, 5) is 4.30. The summed E-state index contributed by atoms with van der Waals surface area (Å²) in [5, 5.41) is 3.90. The maximum atomic E-state index is 6.10. The maximum absolute atomic E-state index is 6.10. The zero-order valence-electron chi connectivity index (χ0n) is 9.44. The number of hydrogen-bond donors (Lipinski definition) is 1. The summed E-state index contributed by atoms with van der Waals surface area (Å²) < 4.78 is 15.4. The van der Waals surface area contributed by atoms with Crippen LogP contribution in [0.1, 0.15) is 24.6 Å². The molecule has 1 aliphatic rings. The normalized spacial score (nSPS) is 25.1. The Balaban J connectivity index is 1.96. The topological polar surface area (TPSA) is 83.4 Å². The largest absolute Gasteiger partial charge is 0.385 e. The number of rotatable bonds is 5. The second-order valence-electron chi connectivity index (χ2n) is 4.07. The van der Waals surface area contributed by atoms with Crippen molar-refractivity contribution in [1.29, 1.82) is 0 Å². The van der Waals surface area contributed by atoms with Crippen molar-refractivity contribution in [2.75, 3.05) is 26.9 Å². The Bertz CT molecular complexity index is 334. The predicted molar refractivity (Wildman–Crippen MR) is 55.8 cm³/mol. The number of nitrogens with two attached hydrogens (primary N) is 1. The number of ether oxygens (including phenoxy) is 2. The number of nitrogens with zero attached hydrogens (tertiary/aromatic N) is 2. The van der Waals surface area contributed by atoms with E-state index < -0.39 is 5.54 Å². The maximum Gasteiger partial charge on any atom is 0.249 e. The Morgan fingerprint density at radius 1 is 1.56 bits per heavy atom. The molecule has 90 valence electrons. The van der Waals surface area contributed by atoms with E-state index in [1.54, 1.807) is 7.11 Å². The van der Waals surface area contributed by atoms with Crippen molar-refractivity contribution < 1.29 is 14.0 Å². The van der Waals surface area contributed by atoms with E-state index in [0.29, 0.717) is 31.5 Å². The molecule has 0 spiro atoms. The van der Waals surface area contributed by atoms with Gasteiger partial charge in [0.05, 0.1) is 6.61 Å². The van der Waals surface area contributed by atoms with Crippen LogP contribution in [0.3, 0.4) is 0 Å². The van der Waals surface area contributed by atoms with E-state index in [9.17, 15) is 0 Å². The monoisotopic (exact) mass is 227 g/mol. The third kappa shape index (κ3) is 2.40. The molecule has 2 N–H and O–H groups in total. The quantitative estimate of drug-likeness (QED) is 0.724. The zero-order chi connectivity index (χ0) is 11.4. The van der Waals surface area contributed by atoms with Gasteiger partial charge in [0, 0.05) is 26.7 Å². The molecule has 2 heterocycles. The Morgan fingerprint density at radius 3 is 3.12 bits per heavy atom. The highest BCUT2D eigenvalue weighted by Crippen LogP contribution is 2.26. The van der Waals surface area contributed by atoms with Crippen molar-refractivity contribution in [2.45, 2.75) is 24.8 Å². The first kappa shape index (κ1) is 11.5. The molecule has 1 atom stereocenters. The molecular formula is C10H17N3O3. The minimum atomic E-state index is -0.591. The molecule has 1 unspecified atom stereocenters. The van der Waals surface area contributed by atoms with Crippen molar-refractivity contribution >= 4 is 0 Å². The molecule has 1 aromatic rings. The summed E-state index contributed by atoms with van der Waals surface area (Å²) >= 11 is 0. The molecule has 0 amide bonds. The lowest BCUT2D eigenvalue weighted by atomic mass is 10.0. The lowest BCUT2D eigenvalue weighted by molar-refractivity contribution is 0.166. The van der Waals surface area contributed by atoms with Crippen LogP contribution < -0.4 is 5.73 Å². The average Bonchev–Trinajstić information content (AvgIpc) is 2.88. The van der Waals surface area contributed by atoms with Gasteiger partial charge in [0.25, 0.3) is 0 Å². The third-order valence-electron chi connectivity index (χ3n) is 2.70. The molecule has 0 saturated carbocycles. The average molecular weight is 227 g/mol. The Kier molecular flexibility index (Phi) is 3.52. The standard InChI is InChI=1S/C10H17N3O3/c1-14-5-2-3-8-12-9(16-13-8)10(11)4-6-15-7-10/h2-7,11H2,1H3. The van der Waals surface area contributed by atoms with Gasteiger partial charge in [-0.15, -0.1) is 0 Å². The van der Waals surface area contributed by atoms with E-state index in [2.05, 4.69) is 10.1 Å². The molecular weight excluding hydrogens is 210 g/mol. The van der Waals surface area contributed by atoms with Crippen LogP contribution in [-0.2, 0) is 21.4 Å². The van der Waals surface area contributed by atoms with Gasteiger partial charge in [-0.3, -0.25) is 0 Å². The highest BCUT2D eigenvalue weighted by Gasteiger charge is 2.37. The van der Waals surface area contributed by atoms with Crippen LogP contribution in [-0.4, -0.2) is 37.1 Å². The van der Waals surface area contributed by atoms with E-state index in [1.165, 1.54) is 0 Å². The summed E-state index contributed by atoms with van der Waals surface area (Å²) in [5.74, 6) is 1.17. The van der Waals surface area contributed by atoms with Gasteiger partial charge in [-0.25, -0.2) is 0 Å². The van der Waals surface area contributed by atoms with Crippen molar-refractivity contribution in [2.24, 2.45) is 5.73 Å². The van der Waals surface area contributed by atoms with Crippen molar-refractivity contribution in [3.8, 4) is 0 Å². The minimum Gasteiger partial charge on any atom is -0.385 e. The van der Waals surface area contributed by atoms with Gasteiger partial charge < -0.3 is 19.7 Å². The fourth-order valence-corrected chi connectivity index (χ4v) is 1.68. The molecule has 16 heavy (non-hydrogen) atoms. The van der Waals surface area contributed by atoms with E-state index in [0.717, 1.165) is 19.3 Å². The number of aryl methyl sites for hydroxylation is 1. The highest BCUT2D eigenvalue weighted by atomic mass is 16.5. The van der Waals surface area contributed by atoms with Gasteiger partial charge in [-0.2, -0.15) is 4.98 Å².